The number of carbonyl (C=O) groups excluding carboxylic acids is 2. The Labute approximate surface area is 187 Å². The summed E-state index contributed by atoms with van der Waals surface area (Å²) in [6, 6.07) is 12.6. The van der Waals surface area contributed by atoms with Gasteiger partial charge in [0.1, 0.15) is 11.8 Å². The number of carbonyl (C=O) groups is 2. The van der Waals surface area contributed by atoms with E-state index < -0.39 is 16.9 Å². The van der Waals surface area contributed by atoms with E-state index in [-0.39, 0.29) is 42.3 Å². The van der Waals surface area contributed by atoms with Gasteiger partial charge in [0.05, 0.1) is 12.0 Å². The number of benzene rings is 2. The molecule has 2 rings (SSSR count). The lowest BCUT2D eigenvalue weighted by atomic mass is 10.1. The highest BCUT2D eigenvalue weighted by atomic mass is 16.6. The molecule has 0 saturated heterocycles. The molecule has 0 unspecified atom stereocenters. The standard InChI is InChI=1S/C23H29N3O6/c1-5-16(2)24-23(28)17(3)25(14-18-9-7-6-8-10-18)22(27)15-32-19-11-12-20(26(29)30)21(13-19)31-4/h6-13,16-17H,5,14-15H2,1-4H3,(H,24,28)/t16-,17-/m0/s1. The van der Waals surface area contributed by atoms with Gasteiger partial charge in [0.2, 0.25) is 11.7 Å². The third-order valence-electron chi connectivity index (χ3n) is 5.07. The van der Waals surface area contributed by atoms with Crippen molar-refractivity contribution in [1.82, 2.24) is 10.2 Å². The molecule has 0 heterocycles. The number of amides is 2. The lowest BCUT2D eigenvalue weighted by Crippen LogP contribution is -2.50. The van der Waals surface area contributed by atoms with Gasteiger partial charge in [0.25, 0.3) is 5.91 Å². The van der Waals surface area contributed by atoms with Crippen molar-refractivity contribution in [2.24, 2.45) is 0 Å². The molecule has 0 aliphatic rings. The molecular weight excluding hydrogens is 414 g/mol. The van der Waals surface area contributed by atoms with Crippen LogP contribution >= 0.6 is 0 Å². The summed E-state index contributed by atoms with van der Waals surface area (Å²) in [5, 5.41) is 13.9. The van der Waals surface area contributed by atoms with E-state index in [1.807, 2.05) is 44.2 Å². The van der Waals surface area contributed by atoms with Crippen molar-refractivity contribution in [1.29, 1.82) is 0 Å². The van der Waals surface area contributed by atoms with Crippen molar-refractivity contribution in [3.63, 3.8) is 0 Å². The Morgan fingerprint density at radius 2 is 1.84 bits per heavy atom. The summed E-state index contributed by atoms with van der Waals surface area (Å²) in [6.07, 6.45) is 0.774. The van der Waals surface area contributed by atoms with Gasteiger partial charge in [0.15, 0.2) is 6.61 Å². The maximum atomic E-state index is 13.0. The third-order valence-corrected chi connectivity index (χ3v) is 5.07. The zero-order chi connectivity index (χ0) is 23.7. The number of hydrogen-bond acceptors (Lipinski definition) is 6. The van der Waals surface area contributed by atoms with Gasteiger partial charge in [-0.3, -0.25) is 19.7 Å². The Balaban J connectivity index is 2.16. The molecule has 2 amide bonds. The minimum Gasteiger partial charge on any atom is -0.490 e. The molecule has 0 radical (unpaired) electrons. The molecule has 0 bridgehead atoms. The molecule has 0 aromatic heterocycles. The van der Waals surface area contributed by atoms with E-state index in [2.05, 4.69) is 5.32 Å². The van der Waals surface area contributed by atoms with Crippen LogP contribution in [0.4, 0.5) is 5.69 Å². The molecular formula is C23H29N3O6. The van der Waals surface area contributed by atoms with Crippen LogP contribution in [-0.4, -0.2) is 47.4 Å². The fourth-order valence-corrected chi connectivity index (χ4v) is 2.95. The van der Waals surface area contributed by atoms with Crippen LogP contribution in [0.3, 0.4) is 0 Å². The zero-order valence-electron chi connectivity index (χ0n) is 18.7. The summed E-state index contributed by atoms with van der Waals surface area (Å²) in [6.45, 7) is 5.44. The van der Waals surface area contributed by atoms with Crippen LogP contribution in [0.5, 0.6) is 11.5 Å². The molecule has 0 aliphatic carbocycles. The Kier molecular flexibility index (Phi) is 9.00. The molecule has 1 N–H and O–H groups in total. The van der Waals surface area contributed by atoms with E-state index in [1.165, 1.54) is 30.2 Å². The minimum absolute atomic E-state index is 0.0116. The van der Waals surface area contributed by atoms with Crippen molar-refractivity contribution in [3.05, 3.63) is 64.2 Å². The Bertz CT molecular complexity index is 935. The molecule has 2 aromatic rings. The van der Waals surface area contributed by atoms with Crippen molar-refractivity contribution in [2.75, 3.05) is 13.7 Å². The SMILES string of the molecule is CC[C@H](C)NC(=O)[C@H](C)N(Cc1ccccc1)C(=O)COc1ccc([N+](=O)[O-])c(OC)c1. The van der Waals surface area contributed by atoms with Crippen LogP contribution in [0.1, 0.15) is 32.8 Å². The molecule has 0 saturated carbocycles. The van der Waals surface area contributed by atoms with Gasteiger partial charge in [-0.25, -0.2) is 0 Å². The first-order valence-electron chi connectivity index (χ1n) is 10.4. The second kappa shape index (κ2) is 11.7. The Morgan fingerprint density at radius 1 is 1.16 bits per heavy atom. The van der Waals surface area contributed by atoms with Crippen LogP contribution in [0.25, 0.3) is 0 Å². The van der Waals surface area contributed by atoms with Crippen LogP contribution in [0.15, 0.2) is 48.5 Å². The fourth-order valence-electron chi connectivity index (χ4n) is 2.95. The van der Waals surface area contributed by atoms with Gasteiger partial charge in [-0.05, 0) is 31.9 Å². The average molecular weight is 444 g/mol. The molecule has 2 aromatic carbocycles. The van der Waals surface area contributed by atoms with Gasteiger partial charge in [-0.2, -0.15) is 0 Å². The average Bonchev–Trinajstić information content (AvgIpc) is 2.80. The maximum absolute atomic E-state index is 13.0. The van der Waals surface area contributed by atoms with Crippen LogP contribution < -0.4 is 14.8 Å². The highest BCUT2D eigenvalue weighted by Crippen LogP contribution is 2.30. The van der Waals surface area contributed by atoms with Crippen molar-refractivity contribution < 1.29 is 24.0 Å². The van der Waals surface area contributed by atoms with Crippen LogP contribution in [0.2, 0.25) is 0 Å². The number of nitrogens with one attached hydrogen (secondary N) is 1. The van der Waals surface area contributed by atoms with Crippen molar-refractivity contribution >= 4 is 17.5 Å². The van der Waals surface area contributed by atoms with E-state index in [0.717, 1.165) is 12.0 Å². The zero-order valence-corrected chi connectivity index (χ0v) is 18.7. The first-order valence-corrected chi connectivity index (χ1v) is 10.4. The number of ether oxygens (including phenoxy) is 2. The van der Waals surface area contributed by atoms with E-state index in [0.29, 0.717) is 0 Å². The normalized spacial score (nSPS) is 12.4. The summed E-state index contributed by atoms with van der Waals surface area (Å²) in [5.41, 5.74) is 0.674. The highest BCUT2D eigenvalue weighted by Gasteiger charge is 2.27. The summed E-state index contributed by atoms with van der Waals surface area (Å²) in [5.74, 6) is -0.363. The molecule has 9 heteroatoms. The lowest BCUT2D eigenvalue weighted by Gasteiger charge is -2.29. The molecule has 2 atom stereocenters. The Morgan fingerprint density at radius 3 is 2.44 bits per heavy atom. The number of rotatable bonds is 11. The molecule has 0 aliphatic heterocycles. The Hall–Kier alpha value is -3.62. The van der Waals surface area contributed by atoms with E-state index in [4.69, 9.17) is 9.47 Å². The number of nitro groups is 1. The van der Waals surface area contributed by atoms with E-state index in [9.17, 15) is 19.7 Å². The number of nitrogens with zero attached hydrogens (tertiary/aromatic N) is 2. The molecule has 0 spiro atoms. The van der Waals surface area contributed by atoms with Crippen molar-refractivity contribution in [3.8, 4) is 11.5 Å². The van der Waals surface area contributed by atoms with Gasteiger partial charge in [-0.15, -0.1) is 0 Å². The second-order valence-corrected chi connectivity index (χ2v) is 7.38. The quantitative estimate of drug-likeness (QED) is 0.421. The number of methoxy groups -OCH3 is 1. The minimum atomic E-state index is -0.716. The molecule has 172 valence electrons. The summed E-state index contributed by atoms with van der Waals surface area (Å²) < 4.78 is 10.6. The van der Waals surface area contributed by atoms with Crippen LogP contribution in [-0.2, 0) is 16.1 Å². The molecule has 0 fully saturated rings. The van der Waals surface area contributed by atoms with Gasteiger partial charge >= 0.3 is 5.69 Å². The first-order chi connectivity index (χ1) is 15.3. The largest absolute Gasteiger partial charge is 0.490 e. The fraction of sp³-hybridized carbons (Fsp3) is 0.391. The first kappa shape index (κ1) is 24.6. The topological polar surface area (TPSA) is 111 Å². The molecule has 32 heavy (non-hydrogen) atoms. The van der Waals surface area contributed by atoms with Crippen molar-refractivity contribution in [2.45, 2.75) is 45.8 Å². The predicted molar refractivity (Wildman–Crippen MR) is 119 cm³/mol. The van der Waals surface area contributed by atoms with Gasteiger partial charge in [-0.1, -0.05) is 37.3 Å². The van der Waals surface area contributed by atoms with Crippen LogP contribution in [0, 0.1) is 10.1 Å². The predicted octanol–water partition coefficient (Wildman–Crippen LogP) is 3.31. The third kappa shape index (κ3) is 6.69. The second-order valence-electron chi connectivity index (χ2n) is 7.38. The monoisotopic (exact) mass is 443 g/mol. The maximum Gasteiger partial charge on any atom is 0.311 e. The van der Waals surface area contributed by atoms with E-state index >= 15 is 0 Å². The molecule has 9 nitrogen and oxygen atoms in total. The summed E-state index contributed by atoms with van der Waals surface area (Å²) in [7, 11) is 1.32. The van der Waals surface area contributed by atoms with E-state index in [1.54, 1.807) is 6.92 Å². The summed E-state index contributed by atoms with van der Waals surface area (Å²) >= 11 is 0. The van der Waals surface area contributed by atoms with Gasteiger partial charge < -0.3 is 19.7 Å². The summed E-state index contributed by atoms with van der Waals surface area (Å²) in [4.78, 5) is 37.6. The smallest absolute Gasteiger partial charge is 0.311 e. The number of nitro benzene ring substituents is 1. The lowest BCUT2D eigenvalue weighted by molar-refractivity contribution is -0.385. The van der Waals surface area contributed by atoms with Gasteiger partial charge in [0, 0.05) is 24.7 Å². The highest BCUT2D eigenvalue weighted by molar-refractivity contribution is 5.88. The number of hydrogen-bond donors (Lipinski definition) is 1.